The van der Waals surface area contributed by atoms with Gasteiger partial charge in [-0.2, -0.15) is 5.10 Å². The van der Waals surface area contributed by atoms with Crippen LogP contribution in [0.25, 0.3) is 82.3 Å². The number of ether oxygens (including phenoxy) is 1. The highest BCUT2D eigenvalue weighted by Gasteiger charge is 2.21. The van der Waals surface area contributed by atoms with E-state index >= 15 is 0 Å². The number of hydrogen-bond acceptors (Lipinski definition) is 3. The highest BCUT2D eigenvalue weighted by molar-refractivity contribution is 6.13. The number of benzene rings is 6. The molecular weight excluding hydrogens is 687 g/mol. The average molecular weight is 726 g/mol. The number of aryl methyl sites for hydroxylation is 2. The molecule has 0 N–H and O–H groups in total. The van der Waals surface area contributed by atoms with Crippen molar-refractivity contribution in [1.29, 1.82) is 0 Å². The molecule has 5 aromatic heterocycles. The van der Waals surface area contributed by atoms with Crippen LogP contribution < -0.4 is 4.74 Å². The lowest BCUT2D eigenvalue weighted by Gasteiger charge is -2.19. The van der Waals surface area contributed by atoms with Gasteiger partial charge in [-0.1, -0.05) is 87.5 Å². The highest BCUT2D eigenvalue weighted by Crippen LogP contribution is 2.40. The third-order valence-corrected chi connectivity index (χ3v) is 11.6. The van der Waals surface area contributed by atoms with Crippen LogP contribution in [0.4, 0.5) is 0 Å². The van der Waals surface area contributed by atoms with Crippen molar-refractivity contribution < 1.29 is 4.74 Å². The van der Waals surface area contributed by atoms with E-state index in [1.807, 2.05) is 16.9 Å². The molecule has 0 bridgehead atoms. The van der Waals surface area contributed by atoms with Crippen molar-refractivity contribution in [3.63, 3.8) is 0 Å². The van der Waals surface area contributed by atoms with E-state index in [9.17, 15) is 0 Å². The lowest BCUT2D eigenvalue weighted by atomic mass is 9.86. The van der Waals surface area contributed by atoms with Gasteiger partial charge < -0.3 is 9.30 Å². The second-order valence-electron chi connectivity index (χ2n) is 16.1. The van der Waals surface area contributed by atoms with Crippen LogP contribution in [0.1, 0.15) is 37.5 Å². The summed E-state index contributed by atoms with van der Waals surface area (Å²) >= 11 is 0. The second kappa shape index (κ2) is 11.8. The molecule has 0 aliphatic carbocycles. The predicted octanol–water partition coefficient (Wildman–Crippen LogP) is 12.9. The summed E-state index contributed by atoms with van der Waals surface area (Å²) in [6.45, 7) is 11.2. The van der Waals surface area contributed by atoms with Crippen LogP contribution in [-0.4, -0.2) is 23.7 Å². The zero-order valence-electron chi connectivity index (χ0n) is 32.0. The minimum absolute atomic E-state index is 0.00249. The summed E-state index contributed by atoms with van der Waals surface area (Å²) in [5.74, 6) is 2.34. The Balaban J connectivity index is 1.11. The number of nitrogens with zero attached hydrogens (tertiary/aromatic N) is 5. The molecule has 6 heteroatoms. The smallest absolute Gasteiger partial charge is 0.139 e. The van der Waals surface area contributed by atoms with Crippen LogP contribution in [0.15, 0.2) is 146 Å². The SMILES string of the molecule is Cc1cccc2c3cccc(C)c3n(-c3ccnc(-n4c5ccc(C(C)(C)C)cc5c5ccc(Oc6ccc7c8ccccc8c8ccnn8c7c6)cc54)c3)c12. The van der Waals surface area contributed by atoms with E-state index in [-0.39, 0.29) is 5.41 Å². The van der Waals surface area contributed by atoms with Gasteiger partial charge in [0.15, 0.2) is 0 Å². The summed E-state index contributed by atoms with van der Waals surface area (Å²) in [5, 5.41) is 13.1. The maximum atomic E-state index is 6.72. The Kier molecular flexibility index (Phi) is 6.84. The molecule has 0 unspecified atom stereocenters. The molecule has 11 rings (SSSR count). The van der Waals surface area contributed by atoms with Gasteiger partial charge in [0.05, 0.1) is 45.0 Å². The van der Waals surface area contributed by atoms with Crippen molar-refractivity contribution in [1.82, 2.24) is 23.7 Å². The Bertz CT molecular complexity index is 3350. The molecule has 0 atom stereocenters. The molecule has 0 amide bonds. The third kappa shape index (κ3) is 4.75. The first-order chi connectivity index (χ1) is 27.2. The van der Waals surface area contributed by atoms with E-state index in [0.717, 1.165) is 55.8 Å². The number of para-hydroxylation sites is 2. The fraction of sp³-hybridized carbons (Fsp3) is 0.120. The monoisotopic (exact) mass is 725 g/mol. The normalized spacial score (nSPS) is 12.4. The lowest BCUT2D eigenvalue weighted by molar-refractivity contribution is 0.484. The van der Waals surface area contributed by atoms with E-state index < -0.39 is 0 Å². The molecular formula is C50H39N5O. The Hall–Kier alpha value is -6.92. The van der Waals surface area contributed by atoms with Gasteiger partial charge in [-0.05, 0) is 89.9 Å². The summed E-state index contributed by atoms with van der Waals surface area (Å²) in [4.78, 5) is 5.06. The van der Waals surface area contributed by atoms with Crippen molar-refractivity contribution in [2.75, 3.05) is 0 Å². The van der Waals surface area contributed by atoms with Crippen molar-refractivity contribution in [2.24, 2.45) is 0 Å². The Labute approximate surface area is 323 Å². The molecule has 6 aromatic carbocycles. The molecule has 0 aliphatic heterocycles. The van der Waals surface area contributed by atoms with Crippen molar-refractivity contribution in [3.8, 4) is 23.0 Å². The number of pyridine rings is 2. The van der Waals surface area contributed by atoms with E-state index in [2.05, 4.69) is 177 Å². The first-order valence-corrected chi connectivity index (χ1v) is 19.2. The summed E-state index contributed by atoms with van der Waals surface area (Å²) in [6.07, 6.45) is 3.80. The standard InChI is InChI=1S/C50H39N5O/c1-30-10-8-14-40-41-15-9-11-31(2)49(41)53(48(30)40)33-22-24-51-47(27-33)54-43-21-16-32(50(3,4)5)26-42(43)39-20-18-34(28-45(39)54)56-35-17-19-38-36-12-6-7-13-37(36)44-23-25-52-55(44)46(38)29-35/h6-29H,1-5H3. The largest absolute Gasteiger partial charge is 0.457 e. The minimum Gasteiger partial charge on any atom is -0.457 e. The van der Waals surface area contributed by atoms with Gasteiger partial charge in [0, 0.05) is 56.7 Å². The quantitative estimate of drug-likeness (QED) is 0.170. The van der Waals surface area contributed by atoms with Crippen LogP contribution in [0.5, 0.6) is 11.5 Å². The van der Waals surface area contributed by atoms with Crippen LogP contribution >= 0.6 is 0 Å². The van der Waals surface area contributed by atoms with Gasteiger partial charge in [-0.15, -0.1) is 0 Å². The molecule has 0 spiro atoms. The molecule has 56 heavy (non-hydrogen) atoms. The molecule has 0 saturated heterocycles. The molecule has 0 saturated carbocycles. The molecule has 270 valence electrons. The Morgan fingerprint density at radius 1 is 0.482 bits per heavy atom. The van der Waals surface area contributed by atoms with Crippen LogP contribution in [-0.2, 0) is 5.41 Å². The zero-order chi connectivity index (χ0) is 37.9. The Morgan fingerprint density at radius 3 is 1.84 bits per heavy atom. The van der Waals surface area contributed by atoms with Crippen LogP contribution in [0.2, 0.25) is 0 Å². The molecule has 6 nitrogen and oxygen atoms in total. The van der Waals surface area contributed by atoms with Gasteiger partial charge in [0.2, 0.25) is 0 Å². The van der Waals surface area contributed by atoms with Gasteiger partial charge in [-0.25, -0.2) is 9.50 Å². The van der Waals surface area contributed by atoms with E-state index in [0.29, 0.717) is 0 Å². The predicted molar refractivity (Wildman–Crippen MR) is 231 cm³/mol. The average Bonchev–Trinajstić information content (AvgIpc) is 3.92. The van der Waals surface area contributed by atoms with E-state index in [4.69, 9.17) is 14.8 Å². The summed E-state index contributed by atoms with van der Waals surface area (Å²) in [5.41, 5.74) is 11.5. The maximum absolute atomic E-state index is 6.72. The van der Waals surface area contributed by atoms with Gasteiger partial charge in [0.25, 0.3) is 0 Å². The fourth-order valence-corrected chi connectivity index (χ4v) is 8.92. The number of aromatic nitrogens is 5. The zero-order valence-corrected chi connectivity index (χ0v) is 32.0. The number of rotatable bonds is 4. The van der Waals surface area contributed by atoms with Crippen molar-refractivity contribution >= 4 is 70.8 Å². The van der Waals surface area contributed by atoms with E-state index in [1.165, 1.54) is 54.7 Å². The molecule has 0 radical (unpaired) electrons. The summed E-state index contributed by atoms with van der Waals surface area (Å²) < 4.78 is 13.4. The lowest BCUT2D eigenvalue weighted by Crippen LogP contribution is -2.10. The van der Waals surface area contributed by atoms with Gasteiger partial charge in [0.1, 0.15) is 17.3 Å². The number of hydrogen-bond donors (Lipinski definition) is 0. The second-order valence-corrected chi connectivity index (χ2v) is 16.1. The Morgan fingerprint density at radius 2 is 1.12 bits per heavy atom. The molecule has 5 heterocycles. The van der Waals surface area contributed by atoms with Crippen LogP contribution in [0.3, 0.4) is 0 Å². The highest BCUT2D eigenvalue weighted by atomic mass is 16.5. The van der Waals surface area contributed by atoms with Gasteiger partial charge in [-0.3, -0.25) is 4.57 Å². The summed E-state index contributed by atoms with van der Waals surface area (Å²) in [6, 6.07) is 47.7. The molecule has 0 fully saturated rings. The first kappa shape index (κ1) is 32.5. The maximum Gasteiger partial charge on any atom is 0.139 e. The van der Waals surface area contributed by atoms with Crippen LogP contribution in [0, 0.1) is 13.8 Å². The number of fused-ring (bicyclic) bond motifs is 12. The molecule has 0 aliphatic rings. The first-order valence-electron chi connectivity index (χ1n) is 19.2. The van der Waals surface area contributed by atoms with Gasteiger partial charge >= 0.3 is 0 Å². The molecule has 11 aromatic rings. The van der Waals surface area contributed by atoms with Crippen molar-refractivity contribution in [2.45, 2.75) is 40.0 Å². The third-order valence-electron chi connectivity index (χ3n) is 11.6. The summed E-state index contributed by atoms with van der Waals surface area (Å²) in [7, 11) is 0. The topological polar surface area (TPSA) is 49.3 Å². The minimum atomic E-state index is -0.00249. The van der Waals surface area contributed by atoms with Crippen molar-refractivity contribution in [3.05, 3.63) is 163 Å². The van der Waals surface area contributed by atoms with E-state index in [1.54, 1.807) is 0 Å². The fourth-order valence-electron chi connectivity index (χ4n) is 8.92.